The second kappa shape index (κ2) is 6.71. The molecule has 1 N–H and O–H groups in total. The maximum atomic E-state index is 5.47. The second-order valence-electron chi connectivity index (χ2n) is 4.93. The maximum absolute atomic E-state index is 5.47. The van der Waals surface area contributed by atoms with Crippen LogP contribution in [0.4, 0.5) is 0 Å². The van der Waals surface area contributed by atoms with E-state index in [2.05, 4.69) is 15.3 Å². The molecule has 3 rings (SSSR count). The van der Waals surface area contributed by atoms with Crippen molar-refractivity contribution in [2.24, 2.45) is 5.10 Å². The Hall–Kier alpha value is -2.87. The summed E-state index contributed by atoms with van der Waals surface area (Å²) in [7, 11) is 3.17. The van der Waals surface area contributed by atoms with Crippen LogP contribution in [-0.4, -0.2) is 35.3 Å². The molecule has 124 valence electrons. The van der Waals surface area contributed by atoms with Crippen LogP contribution in [0.3, 0.4) is 0 Å². The van der Waals surface area contributed by atoms with Crippen molar-refractivity contribution >= 4 is 18.4 Å². The fourth-order valence-electron chi connectivity index (χ4n) is 2.20. The molecule has 24 heavy (non-hydrogen) atoms. The number of methoxy groups -OCH3 is 2. The molecule has 0 unspecified atom stereocenters. The van der Waals surface area contributed by atoms with E-state index in [-0.39, 0.29) is 0 Å². The van der Waals surface area contributed by atoms with E-state index >= 15 is 0 Å². The first-order valence-corrected chi connectivity index (χ1v) is 7.54. The van der Waals surface area contributed by atoms with Gasteiger partial charge in [-0.05, 0) is 49.5 Å². The summed E-state index contributed by atoms with van der Waals surface area (Å²) < 4.78 is 17.9. The number of furan rings is 1. The van der Waals surface area contributed by atoms with E-state index in [1.54, 1.807) is 26.5 Å². The Bertz CT molecular complexity index is 939. The van der Waals surface area contributed by atoms with E-state index in [4.69, 9.17) is 26.1 Å². The van der Waals surface area contributed by atoms with Gasteiger partial charge in [-0.15, -0.1) is 0 Å². The lowest BCUT2D eigenvalue weighted by molar-refractivity contribution is 0.355. The van der Waals surface area contributed by atoms with Crippen molar-refractivity contribution in [2.75, 3.05) is 14.2 Å². The molecular formula is C16H16N4O3S. The number of benzene rings is 1. The molecule has 2 aromatic heterocycles. The van der Waals surface area contributed by atoms with Gasteiger partial charge in [0, 0.05) is 5.56 Å². The lowest BCUT2D eigenvalue weighted by Gasteiger charge is -2.08. The topological polar surface area (TPSA) is 77.6 Å². The molecule has 0 aliphatic rings. The van der Waals surface area contributed by atoms with Gasteiger partial charge in [0.25, 0.3) is 0 Å². The van der Waals surface area contributed by atoms with Crippen LogP contribution in [0.15, 0.2) is 39.9 Å². The summed E-state index contributed by atoms with van der Waals surface area (Å²) in [5.74, 6) is 3.24. The monoisotopic (exact) mass is 344 g/mol. The molecule has 1 aromatic carbocycles. The molecule has 7 nitrogen and oxygen atoms in total. The zero-order chi connectivity index (χ0) is 17.1. The minimum atomic E-state index is 0.374. The largest absolute Gasteiger partial charge is 0.493 e. The third-order valence-corrected chi connectivity index (χ3v) is 3.62. The first-order valence-electron chi connectivity index (χ1n) is 7.13. The summed E-state index contributed by atoms with van der Waals surface area (Å²) in [5.41, 5.74) is 0.785. The highest BCUT2D eigenvalue weighted by Gasteiger charge is 2.12. The molecule has 0 atom stereocenters. The number of nitrogens with zero attached hydrogens (tertiary/aromatic N) is 3. The zero-order valence-electron chi connectivity index (χ0n) is 13.4. The number of H-pyrrole nitrogens is 1. The third kappa shape index (κ3) is 3.09. The van der Waals surface area contributed by atoms with E-state index in [1.165, 1.54) is 4.68 Å². The quantitative estimate of drug-likeness (QED) is 0.567. The molecule has 0 saturated heterocycles. The number of ether oxygens (including phenoxy) is 2. The van der Waals surface area contributed by atoms with Crippen molar-refractivity contribution in [2.45, 2.75) is 6.92 Å². The molecule has 0 bridgehead atoms. The molecule has 0 aliphatic heterocycles. The average Bonchev–Trinajstić information content (AvgIpc) is 3.17. The summed E-state index contributed by atoms with van der Waals surface area (Å²) >= 11 is 5.25. The van der Waals surface area contributed by atoms with Crippen molar-refractivity contribution in [3.63, 3.8) is 0 Å². The van der Waals surface area contributed by atoms with Gasteiger partial charge in [-0.2, -0.15) is 14.9 Å². The van der Waals surface area contributed by atoms with Gasteiger partial charge in [0.1, 0.15) is 11.5 Å². The Morgan fingerprint density at radius 1 is 1.21 bits per heavy atom. The third-order valence-electron chi connectivity index (χ3n) is 3.35. The Balaban J connectivity index is 2.01. The van der Waals surface area contributed by atoms with E-state index in [9.17, 15) is 0 Å². The van der Waals surface area contributed by atoms with Gasteiger partial charge in [0.2, 0.25) is 4.77 Å². The summed E-state index contributed by atoms with van der Waals surface area (Å²) in [6.07, 6.45) is 1.59. The van der Waals surface area contributed by atoms with E-state index in [0.717, 1.165) is 11.3 Å². The number of aromatic amines is 1. The molecule has 3 aromatic rings. The van der Waals surface area contributed by atoms with E-state index < -0.39 is 0 Å². The minimum Gasteiger partial charge on any atom is -0.493 e. The second-order valence-corrected chi connectivity index (χ2v) is 5.31. The normalized spacial score (nSPS) is 11.1. The van der Waals surface area contributed by atoms with Crippen LogP contribution in [0.2, 0.25) is 0 Å². The van der Waals surface area contributed by atoms with Gasteiger partial charge >= 0.3 is 0 Å². The van der Waals surface area contributed by atoms with Crippen LogP contribution in [0.1, 0.15) is 11.5 Å². The Morgan fingerprint density at radius 3 is 2.67 bits per heavy atom. The number of aromatic nitrogens is 3. The van der Waals surface area contributed by atoms with Gasteiger partial charge in [-0.1, -0.05) is 0 Å². The molecule has 0 aliphatic carbocycles. The number of hydrogen-bond acceptors (Lipinski definition) is 6. The fraction of sp³-hybridized carbons (Fsp3) is 0.188. The van der Waals surface area contributed by atoms with Gasteiger partial charge in [0.05, 0.1) is 20.4 Å². The Morgan fingerprint density at radius 2 is 2.00 bits per heavy atom. The van der Waals surface area contributed by atoms with Crippen LogP contribution in [0.5, 0.6) is 11.5 Å². The zero-order valence-corrected chi connectivity index (χ0v) is 14.3. The lowest BCUT2D eigenvalue weighted by atomic mass is 10.2. The molecular weight excluding hydrogens is 328 g/mol. The van der Waals surface area contributed by atoms with Crippen LogP contribution in [0, 0.1) is 11.7 Å². The van der Waals surface area contributed by atoms with Crippen LogP contribution in [-0.2, 0) is 0 Å². The SMILES string of the molecule is COc1ccc(-c2n[nH]c(=S)n2/N=C\c2ccc(C)o2)cc1OC. The fourth-order valence-corrected chi connectivity index (χ4v) is 2.38. The maximum Gasteiger partial charge on any atom is 0.216 e. The smallest absolute Gasteiger partial charge is 0.216 e. The number of aryl methyl sites for hydroxylation is 1. The summed E-state index contributed by atoms with van der Waals surface area (Å²) in [4.78, 5) is 0. The molecule has 0 spiro atoms. The van der Waals surface area contributed by atoms with Crippen LogP contribution >= 0.6 is 12.2 Å². The van der Waals surface area contributed by atoms with Crippen molar-refractivity contribution in [1.82, 2.24) is 14.9 Å². The lowest BCUT2D eigenvalue weighted by Crippen LogP contribution is -1.96. The minimum absolute atomic E-state index is 0.374. The number of rotatable bonds is 5. The highest BCUT2D eigenvalue weighted by atomic mass is 32.1. The molecule has 8 heteroatoms. The van der Waals surface area contributed by atoms with Crippen LogP contribution in [0.25, 0.3) is 11.4 Å². The van der Waals surface area contributed by atoms with Crippen molar-refractivity contribution in [3.8, 4) is 22.9 Å². The summed E-state index contributed by atoms with van der Waals surface area (Å²) in [5, 5.41) is 11.3. The van der Waals surface area contributed by atoms with E-state index in [1.807, 2.05) is 31.2 Å². The average molecular weight is 344 g/mol. The standard InChI is InChI=1S/C16H16N4O3S/c1-10-4-6-12(23-10)9-17-20-15(18-19-16(20)24)11-5-7-13(21-2)14(8-11)22-3/h4-9H,1-3H3,(H,19,24)/b17-9-. The summed E-state index contributed by atoms with van der Waals surface area (Å²) in [6, 6.07) is 9.17. The van der Waals surface area contributed by atoms with Gasteiger partial charge < -0.3 is 13.9 Å². The van der Waals surface area contributed by atoms with Crippen molar-refractivity contribution in [1.29, 1.82) is 0 Å². The molecule has 2 heterocycles. The first kappa shape index (κ1) is 16.0. The molecule has 0 saturated carbocycles. The number of hydrogen-bond donors (Lipinski definition) is 1. The predicted molar refractivity (Wildman–Crippen MR) is 92.4 cm³/mol. The molecule has 0 fully saturated rings. The van der Waals surface area contributed by atoms with Gasteiger partial charge in [-0.25, -0.2) is 5.10 Å². The van der Waals surface area contributed by atoms with E-state index in [0.29, 0.717) is 27.9 Å². The van der Waals surface area contributed by atoms with Crippen molar-refractivity contribution in [3.05, 3.63) is 46.6 Å². The highest BCUT2D eigenvalue weighted by molar-refractivity contribution is 7.71. The molecule has 0 radical (unpaired) electrons. The molecule has 0 amide bonds. The Labute approximate surface area is 143 Å². The number of nitrogens with one attached hydrogen (secondary N) is 1. The highest BCUT2D eigenvalue weighted by Crippen LogP contribution is 2.31. The predicted octanol–water partition coefficient (Wildman–Crippen LogP) is 3.41. The Kier molecular flexibility index (Phi) is 4.48. The van der Waals surface area contributed by atoms with Gasteiger partial charge in [-0.3, -0.25) is 0 Å². The summed E-state index contributed by atoms with van der Waals surface area (Å²) in [6.45, 7) is 1.87. The van der Waals surface area contributed by atoms with Crippen LogP contribution < -0.4 is 9.47 Å². The first-order chi connectivity index (χ1) is 11.6. The van der Waals surface area contributed by atoms with Crippen molar-refractivity contribution < 1.29 is 13.9 Å². The van der Waals surface area contributed by atoms with Gasteiger partial charge in [0.15, 0.2) is 17.3 Å².